The lowest BCUT2D eigenvalue weighted by Gasteiger charge is -2.12. The topological polar surface area (TPSA) is 114 Å². The molecule has 8 nitrogen and oxygen atoms in total. The van der Waals surface area contributed by atoms with E-state index in [4.69, 9.17) is 4.74 Å². The average molecular weight is 716 g/mol. The van der Waals surface area contributed by atoms with Gasteiger partial charge in [0.05, 0.1) is 18.4 Å². The Labute approximate surface area is 305 Å². The van der Waals surface area contributed by atoms with Crippen LogP contribution in [0.5, 0.6) is 0 Å². The van der Waals surface area contributed by atoms with Gasteiger partial charge in [0.2, 0.25) is 5.91 Å². The minimum Gasteiger partial charge on any atom is -0.465 e. The number of hydrogen-bond donors (Lipinski definition) is 3. The van der Waals surface area contributed by atoms with Crippen LogP contribution in [0.25, 0.3) is 17.2 Å². The standard InChI is InChI=1S/C41H37N3O5S2/c1-49-41(48)37-33-18-9-4-10-19-35(33)51-40(37)44-36(45)26-50-32-17-11-16-31(25-32)42-39(47)34(43-38(46)30-14-7-3-8-15-30)24-27-20-22-29(23-21-27)28-12-5-2-6-13-28/h2-3,5-8,11-17,20-25H,4,9-10,18-19,26H2,1H3,(H,42,47)(H,43,46)(H,44,45)/b34-24+. The van der Waals surface area contributed by atoms with Crippen molar-refractivity contribution >= 4 is 63.6 Å². The minimum atomic E-state index is -0.501. The molecule has 0 saturated carbocycles. The van der Waals surface area contributed by atoms with E-state index in [0.29, 0.717) is 21.8 Å². The van der Waals surface area contributed by atoms with Crippen LogP contribution in [-0.4, -0.2) is 36.6 Å². The maximum absolute atomic E-state index is 13.7. The second kappa shape index (κ2) is 17.0. The van der Waals surface area contributed by atoms with Crippen LogP contribution in [0, 0.1) is 0 Å². The predicted molar refractivity (Wildman–Crippen MR) is 205 cm³/mol. The molecule has 3 N–H and O–H groups in total. The normalized spacial score (nSPS) is 12.6. The van der Waals surface area contributed by atoms with E-state index in [1.54, 1.807) is 48.5 Å². The van der Waals surface area contributed by atoms with E-state index in [0.717, 1.165) is 64.1 Å². The van der Waals surface area contributed by atoms with Crippen molar-refractivity contribution in [2.75, 3.05) is 23.5 Å². The number of rotatable bonds is 11. The lowest BCUT2D eigenvalue weighted by molar-refractivity contribution is -0.114. The monoisotopic (exact) mass is 715 g/mol. The molecule has 3 amide bonds. The maximum Gasteiger partial charge on any atom is 0.341 e. The summed E-state index contributed by atoms with van der Waals surface area (Å²) in [5.74, 6) is -1.50. The third kappa shape index (κ3) is 9.22. The highest BCUT2D eigenvalue weighted by atomic mass is 32.2. The number of nitrogens with one attached hydrogen (secondary N) is 3. The summed E-state index contributed by atoms with van der Waals surface area (Å²) >= 11 is 2.77. The molecule has 0 aliphatic heterocycles. The summed E-state index contributed by atoms with van der Waals surface area (Å²) in [7, 11) is 1.36. The zero-order valence-electron chi connectivity index (χ0n) is 28.1. The molecule has 0 fully saturated rings. The molecule has 6 rings (SSSR count). The molecule has 0 spiro atoms. The quantitative estimate of drug-likeness (QED) is 0.0547. The summed E-state index contributed by atoms with van der Waals surface area (Å²) < 4.78 is 5.06. The van der Waals surface area contributed by atoms with Gasteiger partial charge in [-0.3, -0.25) is 14.4 Å². The summed E-state index contributed by atoms with van der Waals surface area (Å²) in [6, 6.07) is 33.6. The lowest BCUT2D eigenvalue weighted by atomic mass is 10.0. The zero-order chi connectivity index (χ0) is 35.6. The highest BCUT2D eigenvalue weighted by Gasteiger charge is 2.26. The fourth-order valence-corrected chi connectivity index (χ4v) is 7.88. The number of fused-ring (bicyclic) bond motifs is 1. The Morgan fingerprint density at radius 1 is 0.784 bits per heavy atom. The molecule has 0 unspecified atom stereocenters. The highest BCUT2D eigenvalue weighted by Crippen LogP contribution is 2.38. The van der Waals surface area contributed by atoms with Crippen LogP contribution in [0.1, 0.15) is 56.0 Å². The van der Waals surface area contributed by atoms with Gasteiger partial charge in [-0.2, -0.15) is 0 Å². The molecule has 1 aliphatic rings. The summed E-state index contributed by atoms with van der Waals surface area (Å²) in [6.45, 7) is 0. The van der Waals surface area contributed by atoms with Crippen molar-refractivity contribution < 1.29 is 23.9 Å². The van der Waals surface area contributed by atoms with Crippen molar-refractivity contribution in [1.82, 2.24) is 5.32 Å². The van der Waals surface area contributed by atoms with Crippen LogP contribution in [0.15, 0.2) is 120 Å². The molecule has 1 aromatic heterocycles. The fraction of sp³-hybridized carbons (Fsp3) is 0.171. The molecule has 0 atom stereocenters. The van der Waals surface area contributed by atoms with Gasteiger partial charge in [0.15, 0.2) is 0 Å². The van der Waals surface area contributed by atoms with Crippen LogP contribution in [0.4, 0.5) is 10.7 Å². The first-order valence-corrected chi connectivity index (χ1v) is 18.5. The van der Waals surface area contributed by atoms with Crippen LogP contribution >= 0.6 is 23.1 Å². The highest BCUT2D eigenvalue weighted by molar-refractivity contribution is 8.00. The Kier molecular flexibility index (Phi) is 11.8. The number of methoxy groups -OCH3 is 1. The molecule has 0 bridgehead atoms. The van der Waals surface area contributed by atoms with Gasteiger partial charge in [0.25, 0.3) is 11.8 Å². The summed E-state index contributed by atoms with van der Waals surface area (Å²) in [5.41, 5.74) is 5.30. The van der Waals surface area contributed by atoms with Gasteiger partial charge in [-0.15, -0.1) is 23.1 Å². The Hall–Kier alpha value is -5.45. The van der Waals surface area contributed by atoms with Gasteiger partial charge in [-0.25, -0.2) is 4.79 Å². The Morgan fingerprint density at radius 2 is 1.49 bits per heavy atom. The summed E-state index contributed by atoms with van der Waals surface area (Å²) in [6.07, 6.45) is 6.50. The van der Waals surface area contributed by atoms with E-state index in [1.807, 2.05) is 66.7 Å². The summed E-state index contributed by atoms with van der Waals surface area (Å²) in [4.78, 5) is 54.4. The molecule has 4 aromatic carbocycles. The van der Waals surface area contributed by atoms with E-state index in [-0.39, 0.29) is 17.4 Å². The number of carbonyl (C=O) groups excluding carboxylic acids is 4. The zero-order valence-corrected chi connectivity index (χ0v) is 29.7. The largest absolute Gasteiger partial charge is 0.465 e. The third-order valence-electron chi connectivity index (χ3n) is 8.38. The number of amides is 3. The maximum atomic E-state index is 13.7. The molecule has 1 heterocycles. The molecule has 51 heavy (non-hydrogen) atoms. The van der Waals surface area contributed by atoms with E-state index in [9.17, 15) is 19.2 Å². The minimum absolute atomic E-state index is 0.0736. The number of anilines is 2. The van der Waals surface area contributed by atoms with Gasteiger partial charge < -0.3 is 20.7 Å². The number of esters is 1. The molecule has 258 valence electrons. The van der Waals surface area contributed by atoms with Crippen molar-refractivity contribution in [3.05, 3.63) is 142 Å². The van der Waals surface area contributed by atoms with Crippen molar-refractivity contribution in [2.45, 2.75) is 37.0 Å². The molecule has 1 aliphatic carbocycles. The van der Waals surface area contributed by atoms with Gasteiger partial charge in [-0.05, 0) is 84.3 Å². The first-order chi connectivity index (χ1) is 24.9. The average Bonchev–Trinajstić information content (AvgIpc) is 3.33. The molecular formula is C41H37N3O5S2. The van der Waals surface area contributed by atoms with Crippen molar-refractivity contribution in [3.63, 3.8) is 0 Å². The fourth-order valence-electron chi connectivity index (χ4n) is 5.83. The number of ether oxygens (including phenoxy) is 1. The number of aryl methyl sites for hydroxylation is 1. The number of benzene rings is 4. The van der Waals surface area contributed by atoms with Gasteiger partial charge in [-0.1, -0.05) is 85.3 Å². The number of thioether (sulfide) groups is 1. The first-order valence-electron chi connectivity index (χ1n) is 16.7. The van der Waals surface area contributed by atoms with E-state index in [1.165, 1.54) is 30.2 Å². The predicted octanol–water partition coefficient (Wildman–Crippen LogP) is 8.61. The molecule has 10 heteroatoms. The van der Waals surface area contributed by atoms with Crippen LogP contribution in [0.2, 0.25) is 0 Å². The second-order valence-corrected chi connectivity index (χ2v) is 14.1. The second-order valence-electron chi connectivity index (χ2n) is 11.9. The number of hydrogen-bond acceptors (Lipinski definition) is 7. The third-order valence-corrected chi connectivity index (χ3v) is 10.6. The molecular weight excluding hydrogens is 679 g/mol. The van der Waals surface area contributed by atoms with Crippen molar-refractivity contribution in [2.24, 2.45) is 0 Å². The van der Waals surface area contributed by atoms with Crippen LogP contribution in [-0.2, 0) is 27.2 Å². The van der Waals surface area contributed by atoms with Gasteiger partial charge in [0.1, 0.15) is 10.7 Å². The summed E-state index contributed by atoms with van der Waals surface area (Å²) in [5, 5.41) is 9.16. The SMILES string of the molecule is COC(=O)c1c(NC(=O)CSc2cccc(NC(=O)/C(=C\c3ccc(-c4ccccc4)cc3)NC(=O)c3ccccc3)c2)sc2c1CCCCC2. The van der Waals surface area contributed by atoms with Crippen LogP contribution in [0.3, 0.4) is 0 Å². The smallest absolute Gasteiger partial charge is 0.341 e. The van der Waals surface area contributed by atoms with Crippen LogP contribution < -0.4 is 16.0 Å². The first kappa shape index (κ1) is 35.4. The van der Waals surface area contributed by atoms with Crippen molar-refractivity contribution in [1.29, 1.82) is 0 Å². The van der Waals surface area contributed by atoms with Gasteiger partial charge >= 0.3 is 5.97 Å². The van der Waals surface area contributed by atoms with Crippen molar-refractivity contribution in [3.8, 4) is 11.1 Å². The Morgan fingerprint density at radius 3 is 2.24 bits per heavy atom. The van der Waals surface area contributed by atoms with E-state index in [2.05, 4.69) is 16.0 Å². The molecule has 5 aromatic rings. The lowest BCUT2D eigenvalue weighted by Crippen LogP contribution is -2.30. The van der Waals surface area contributed by atoms with E-state index < -0.39 is 17.8 Å². The molecule has 0 saturated heterocycles. The van der Waals surface area contributed by atoms with Gasteiger partial charge in [0, 0.05) is 21.0 Å². The van der Waals surface area contributed by atoms with E-state index >= 15 is 0 Å². The Balaban J connectivity index is 1.14. The number of thiophene rings is 1. The Bertz CT molecular complexity index is 2060. The number of carbonyl (C=O) groups is 4. The molecule has 0 radical (unpaired) electrons.